The molecule has 0 spiro atoms. The fourth-order valence-corrected chi connectivity index (χ4v) is 7.78. The Labute approximate surface area is 202 Å². The van der Waals surface area contributed by atoms with Crippen LogP contribution in [0.15, 0.2) is 46.6 Å². The van der Waals surface area contributed by atoms with E-state index in [9.17, 15) is 13.2 Å². The highest BCUT2D eigenvalue weighted by Gasteiger charge is 2.36. The molecule has 34 heavy (non-hydrogen) atoms. The first-order valence-electron chi connectivity index (χ1n) is 13.9. The van der Waals surface area contributed by atoms with E-state index in [4.69, 9.17) is 0 Å². The Balaban J connectivity index is 1.11. The van der Waals surface area contributed by atoms with Gasteiger partial charge in [-0.3, -0.25) is 0 Å². The number of hydrogen-bond acceptors (Lipinski definition) is 0. The van der Waals surface area contributed by atoms with Crippen molar-refractivity contribution in [2.75, 3.05) is 0 Å². The summed E-state index contributed by atoms with van der Waals surface area (Å²) in [7, 11) is 0. The molecule has 0 aliphatic heterocycles. The third-order valence-corrected chi connectivity index (χ3v) is 9.83. The lowest BCUT2D eigenvalue weighted by Gasteiger charge is -2.40. The lowest BCUT2D eigenvalue weighted by Crippen LogP contribution is -2.29. The van der Waals surface area contributed by atoms with Gasteiger partial charge in [-0.15, -0.1) is 0 Å². The van der Waals surface area contributed by atoms with Crippen LogP contribution in [0.1, 0.15) is 96.3 Å². The monoisotopic (exact) mass is 476 g/mol. The van der Waals surface area contributed by atoms with Gasteiger partial charge in [0, 0.05) is 12.8 Å². The average Bonchev–Trinajstić information content (AvgIpc) is 2.88. The Kier molecular flexibility index (Phi) is 7.70. The Morgan fingerprint density at radius 3 is 1.71 bits per heavy atom. The summed E-state index contributed by atoms with van der Waals surface area (Å²) >= 11 is 0. The predicted molar refractivity (Wildman–Crippen MR) is 130 cm³/mol. The summed E-state index contributed by atoms with van der Waals surface area (Å²) in [5.41, 5.74) is 3.16. The molecule has 5 aliphatic carbocycles. The third kappa shape index (κ3) is 5.26. The van der Waals surface area contributed by atoms with E-state index in [1.165, 1.54) is 56.6 Å². The van der Waals surface area contributed by atoms with Crippen molar-refractivity contribution in [3.63, 3.8) is 0 Å². The van der Waals surface area contributed by atoms with E-state index < -0.39 is 24.0 Å². The fraction of sp³-hybridized carbons (Fsp3) is 0.733. The smallest absolute Gasteiger partial charge is 0.170 e. The Bertz CT molecular complexity index is 843. The largest absolute Gasteiger partial charge is 0.242 e. The molecular formula is C30H40F4. The first-order chi connectivity index (χ1) is 16.5. The van der Waals surface area contributed by atoms with Crippen molar-refractivity contribution in [1.29, 1.82) is 0 Å². The van der Waals surface area contributed by atoms with Gasteiger partial charge in [0.15, 0.2) is 17.8 Å². The predicted octanol–water partition coefficient (Wildman–Crippen LogP) is 9.59. The van der Waals surface area contributed by atoms with Crippen LogP contribution >= 0.6 is 0 Å². The minimum Gasteiger partial charge on any atom is -0.242 e. The highest BCUT2D eigenvalue weighted by molar-refractivity contribution is 5.32. The molecule has 0 aromatic rings. The van der Waals surface area contributed by atoms with Crippen molar-refractivity contribution in [2.24, 2.45) is 29.6 Å². The Hall–Kier alpha value is -1.32. The molecule has 188 valence electrons. The standard InChI is InChI=1S/C30H40F4/c31-27-16-24(19-4-2-1-3-5-19)14-15-26(27)23-12-10-21(11-13-23)20-6-8-22(9-7-20)25-17-28(32)30(34)29(33)18-25/h14-15,17,19-23,27,29H,1-13,16,18H2. The van der Waals surface area contributed by atoms with Crippen molar-refractivity contribution in [3.05, 3.63) is 46.6 Å². The molecular weight excluding hydrogens is 436 g/mol. The molecule has 2 unspecified atom stereocenters. The molecule has 2 atom stereocenters. The highest BCUT2D eigenvalue weighted by Crippen LogP contribution is 2.47. The second-order valence-corrected chi connectivity index (χ2v) is 11.7. The van der Waals surface area contributed by atoms with Gasteiger partial charge in [-0.2, -0.15) is 0 Å². The molecule has 5 rings (SSSR count). The van der Waals surface area contributed by atoms with Crippen LogP contribution in [0.5, 0.6) is 0 Å². The molecule has 3 fully saturated rings. The molecule has 0 saturated heterocycles. The Morgan fingerprint density at radius 2 is 1.12 bits per heavy atom. The summed E-state index contributed by atoms with van der Waals surface area (Å²) in [4.78, 5) is 0. The van der Waals surface area contributed by atoms with E-state index in [0.29, 0.717) is 30.1 Å². The van der Waals surface area contributed by atoms with E-state index in [1.807, 2.05) is 0 Å². The van der Waals surface area contributed by atoms with Gasteiger partial charge in [-0.25, -0.2) is 17.6 Å². The fourth-order valence-electron chi connectivity index (χ4n) is 7.78. The quantitative estimate of drug-likeness (QED) is 0.354. The normalized spacial score (nSPS) is 38.3. The highest BCUT2D eigenvalue weighted by atomic mass is 19.2. The van der Waals surface area contributed by atoms with Crippen LogP contribution in [-0.2, 0) is 0 Å². The lowest BCUT2D eigenvalue weighted by atomic mass is 9.66. The van der Waals surface area contributed by atoms with Crippen LogP contribution in [0, 0.1) is 29.6 Å². The van der Waals surface area contributed by atoms with E-state index in [-0.39, 0.29) is 12.3 Å². The second kappa shape index (κ2) is 10.7. The molecule has 0 N–H and O–H groups in total. The molecule has 0 nitrogen and oxygen atoms in total. The van der Waals surface area contributed by atoms with Crippen LogP contribution in [0.2, 0.25) is 0 Å². The summed E-state index contributed by atoms with van der Waals surface area (Å²) in [6.45, 7) is 0. The number of hydrogen-bond donors (Lipinski definition) is 0. The van der Waals surface area contributed by atoms with Crippen molar-refractivity contribution < 1.29 is 17.6 Å². The average molecular weight is 477 g/mol. The van der Waals surface area contributed by atoms with E-state index in [0.717, 1.165) is 49.7 Å². The topological polar surface area (TPSA) is 0 Å². The second-order valence-electron chi connectivity index (χ2n) is 11.7. The third-order valence-electron chi connectivity index (χ3n) is 9.83. The minimum atomic E-state index is -1.81. The summed E-state index contributed by atoms with van der Waals surface area (Å²) in [6.07, 6.45) is 18.7. The summed E-state index contributed by atoms with van der Waals surface area (Å²) in [6, 6.07) is 0. The van der Waals surface area contributed by atoms with Crippen molar-refractivity contribution in [2.45, 2.75) is 109 Å². The van der Waals surface area contributed by atoms with Gasteiger partial charge in [-0.1, -0.05) is 42.6 Å². The van der Waals surface area contributed by atoms with Crippen LogP contribution in [0.4, 0.5) is 17.6 Å². The van der Waals surface area contributed by atoms with Gasteiger partial charge < -0.3 is 0 Å². The summed E-state index contributed by atoms with van der Waals surface area (Å²) in [5.74, 6) is 0.300. The van der Waals surface area contributed by atoms with Gasteiger partial charge in [0.2, 0.25) is 0 Å². The minimum absolute atomic E-state index is 0.0100. The number of halogens is 4. The van der Waals surface area contributed by atoms with E-state index in [1.54, 1.807) is 0 Å². The van der Waals surface area contributed by atoms with Crippen molar-refractivity contribution >= 4 is 0 Å². The molecule has 0 amide bonds. The molecule has 4 heteroatoms. The SMILES string of the molecule is FC1=C(F)C(F)CC(C2CCC(C3CCC(C4=CC=C(C5CCCCC5)CC4F)CC3)CC2)=C1. The maximum absolute atomic E-state index is 15.2. The summed E-state index contributed by atoms with van der Waals surface area (Å²) in [5, 5.41) is 0. The van der Waals surface area contributed by atoms with Crippen LogP contribution in [-0.4, -0.2) is 12.3 Å². The summed E-state index contributed by atoms with van der Waals surface area (Å²) < 4.78 is 56.0. The molecule has 5 aliphatic rings. The molecule has 0 bridgehead atoms. The first-order valence-corrected chi connectivity index (χ1v) is 13.9. The van der Waals surface area contributed by atoms with E-state index >= 15 is 4.39 Å². The van der Waals surface area contributed by atoms with Crippen LogP contribution in [0.25, 0.3) is 0 Å². The zero-order chi connectivity index (χ0) is 23.7. The zero-order valence-electron chi connectivity index (χ0n) is 20.4. The van der Waals surface area contributed by atoms with Gasteiger partial charge in [-0.05, 0) is 105 Å². The number of allylic oxidation sites excluding steroid dienone is 8. The Morgan fingerprint density at radius 1 is 0.559 bits per heavy atom. The molecule has 0 radical (unpaired) electrons. The van der Waals surface area contributed by atoms with Gasteiger partial charge in [0.25, 0.3) is 0 Å². The van der Waals surface area contributed by atoms with Gasteiger partial charge >= 0.3 is 0 Å². The van der Waals surface area contributed by atoms with Crippen LogP contribution < -0.4 is 0 Å². The van der Waals surface area contributed by atoms with Crippen LogP contribution in [0.3, 0.4) is 0 Å². The molecule has 0 aromatic heterocycles. The number of rotatable bonds is 4. The molecule has 3 saturated carbocycles. The maximum Gasteiger partial charge on any atom is 0.170 e. The lowest BCUT2D eigenvalue weighted by molar-refractivity contribution is 0.153. The number of alkyl halides is 2. The molecule has 0 aromatic carbocycles. The maximum atomic E-state index is 15.2. The zero-order valence-corrected chi connectivity index (χ0v) is 20.4. The van der Waals surface area contributed by atoms with Crippen molar-refractivity contribution in [3.8, 4) is 0 Å². The van der Waals surface area contributed by atoms with Crippen molar-refractivity contribution in [1.82, 2.24) is 0 Å². The van der Waals surface area contributed by atoms with Gasteiger partial charge in [0.1, 0.15) is 6.17 Å². The van der Waals surface area contributed by atoms with Gasteiger partial charge in [0.05, 0.1) is 0 Å². The van der Waals surface area contributed by atoms with E-state index in [2.05, 4.69) is 12.2 Å². The molecule has 0 heterocycles. The first kappa shape index (κ1) is 24.4.